The zero-order valence-electron chi connectivity index (χ0n) is 10.5. The molecule has 18 heavy (non-hydrogen) atoms. The monoisotopic (exact) mass is 268 g/mol. The number of benzene rings is 1. The van der Waals surface area contributed by atoms with Crippen molar-refractivity contribution in [2.45, 2.75) is 18.7 Å². The van der Waals surface area contributed by atoms with Crippen molar-refractivity contribution in [3.05, 3.63) is 54.5 Å². The summed E-state index contributed by atoms with van der Waals surface area (Å²) < 4.78 is 33.7. The van der Waals surface area contributed by atoms with Gasteiger partial charge in [0.05, 0.1) is 6.61 Å². The van der Waals surface area contributed by atoms with Crippen LogP contribution in [0.4, 0.5) is 0 Å². The molecule has 98 valence electrons. The Balaban J connectivity index is 2.89. The molecule has 0 atom stereocenters. The van der Waals surface area contributed by atoms with E-state index in [-0.39, 0.29) is 16.4 Å². The molecule has 0 spiro atoms. The Morgan fingerprint density at radius 1 is 1.28 bits per heavy atom. The van der Waals surface area contributed by atoms with Crippen molar-refractivity contribution in [2.75, 3.05) is 6.61 Å². The van der Waals surface area contributed by atoms with E-state index in [4.69, 9.17) is 8.92 Å². The molecule has 1 rings (SSSR count). The summed E-state index contributed by atoms with van der Waals surface area (Å²) in [6.07, 6.45) is 0. The molecule has 0 saturated heterocycles. The molecule has 0 heterocycles. The zero-order valence-corrected chi connectivity index (χ0v) is 11.3. The van der Waals surface area contributed by atoms with Crippen molar-refractivity contribution in [3.8, 4) is 0 Å². The van der Waals surface area contributed by atoms with Gasteiger partial charge < -0.3 is 8.92 Å². The molecular formula is C13H16O4S. The van der Waals surface area contributed by atoms with Crippen LogP contribution in [0.1, 0.15) is 12.5 Å². The minimum absolute atomic E-state index is 0.0768. The summed E-state index contributed by atoms with van der Waals surface area (Å²) in [5.41, 5.74) is 0.828. The van der Waals surface area contributed by atoms with Crippen LogP contribution in [-0.2, 0) is 19.0 Å². The van der Waals surface area contributed by atoms with E-state index in [0.29, 0.717) is 6.61 Å². The van der Waals surface area contributed by atoms with Gasteiger partial charge >= 0.3 is 10.1 Å². The average molecular weight is 268 g/mol. The molecule has 4 nitrogen and oxygen atoms in total. The predicted molar refractivity (Wildman–Crippen MR) is 69.4 cm³/mol. The van der Waals surface area contributed by atoms with Crippen molar-refractivity contribution in [1.82, 2.24) is 0 Å². The lowest BCUT2D eigenvalue weighted by Gasteiger charge is -2.11. The Labute approximate surface area is 108 Å². The second-order valence-electron chi connectivity index (χ2n) is 3.63. The molecule has 1 aromatic carbocycles. The van der Waals surface area contributed by atoms with Crippen LogP contribution >= 0.6 is 0 Å². The summed E-state index contributed by atoms with van der Waals surface area (Å²) in [7, 11) is -3.89. The maximum absolute atomic E-state index is 11.9. The summed E-state index contributed by atoms with van der Waals surface area (Å²) in [4.78, 5) is 0.0768. The van der Waals surface area contributed by atoms with Crippen LogP contribution in [0, 0.1) is 6.92 Å². The van der Waals surface area contributed by atoms with E-state index >= 15 is 0 Å². The zero-order chi connectivity index (χ0) is 13.8. The smallest absolute Gasteiger partial charge is 0.339 e. The fourth-order valence-electron chi connectivity index (χ4n) is 1.25. The number of hydrogen-bond acceptors (Lipinski definition) is 4. The van der Waals surface area contributed by atoms with Crippen molar-refractivity contribution < 1.29 is 17.3 Å². The third-order valence-corrected chi connectivity index (χ3v) is 3.37. The van der Waals surface area contributed by atoms with E-state index in [1.807, 2.05) is 0 Å². The summed E-state index contributed by atoms with van der Waals surface area (Å²) in [5, 5.41) is 0. The number of hydrogen-bond donors (Lipinski definition) is 0. The summed E-state index contributed by atoms with van der Waals surface area (Å²) in [5.74, 6) is -0.00733. The molecule has 1 aromatic rings. The van der Waals surface area contributed by atoms with Crippen molar-refractivity contribution in [3.63, 3.8) is 0 Å². The predicted octanol–water partition coefficient (Wildman–Crippen LogP) is 2.76. The van der Waals surface area contributed by atoms with Gasteiger partial charge in [-0.15, -0.1) is 0 Å². The highest BCUT2D eigenvalue weighted by atomic mass is 32.2. The fourth-order valence-corrected chi connectivity index (χ4v) is 2.28. The second-order valence-corrected chi connectivity index (χ2v) is 5.18. The lowest BCUT2D eigenvalue weighted by Crippen LogP contribution is -2.08. The Morgan fingerprint density at radius 2 is 1.94 bits per heavy atom. The van der Waals surface area contributed by atoms with E-state index in [1.165, 1.54) is 12.1 Å². The fraction of sp³-hybridized carbons (Fsp3) is 0.231. The van der Waals surface area contributed by atoms with Gasteiger partial charge in [0.2, 0.25) is 0 Å². The van der Waals surface area contributed by atoms with E-state index in [9.17, 15) is 8.42 Å². The first-order valence-corrected chi connectivity index (χ1v) is 6.79. The highest BCUT2D eigenvalue weighted by Gasteiger charge is 2.18. The molecule has 0 aliphatic heterocycles. The molecule has 0 saturated carbocycles. The van der Waals surface area contributed by atoms with Gasteiger partial charge in [-0.2, -0.15) is 8.42 Å². The number of rotatable bonds is 6. The van der Waals surface area contributed by atoms with E-state index in [1.54, 1.807) is 26.0 Å². The molecule has 0 N–H and O–H groups in total. The molecule has 0 unspecified atom stereocenters. The van der Waals surface area contributed by atoms with Crippen LogP contribution in [0.5, 0.6) is 0 Å². The van der Waals surface area contributed by atoms with Crippen molar-refractivity contribution in [2.24, 2.45) is 0 Å². The normalized spacial score (nSPS) is 10.8. The van der Waals surface area contributed by atoms with Gasteiger partial charge in [-0.05, 0) is 31.5 Å². The Morgan fingerprint density at radius 3 is 2.50 bits per heavy atom. The number of aryl methyl sites for hydroxylation is 1. The lowest BCUT2D eigenvalue weighted by molar-refractivity contribution is 0.215. The van der Waals surface area contributed by atoms with Gasteiger partial charge in [-0.1, -0.05) is 25.3 Å². The first-order valence-electron chi connectivity index (χ1n) is 5.39. The largest absolute Gasteiger partial charge is 0.491 e. The maximum atomic E-state index is 11.9. The van der Waals surface area contributed by atoms with Gasteiger partial charge in [0.15, 0.2) is 11.5 Å². The Hall–Kier alpha value is -1.75. The average Bonchev–Trinajstić information content (AvgIpc) is 2.28. The van der Waals surface area contributed by atoms with Gasteiger partial charge in [-0.3, -0.25) is 0 Å². The molecule has 0 fully saturated rings. The summed E-state index contributed by atoms with van der Waals surface area (Å²) in [6.45, 7) is 10.9. The maximum Gasteiger partial charge on any atom is 0.339 e. The third-order valence-electron chi connectivity index (χ3n) is 2.12. The molecular weight excluding hydrogens is 252 g/mol. The highest BCUT2D eigenvalue weighted by Crippen LogP contribution is 2.19. The standard InChI is InChI=1S/C13H16O4S/c1-5-16-11(3)12(4)17-18(14,15)13-8-6-7-10(2)9-13/h6-9H,3-5H2,1-2H3. The van der Waals surface area contributed by atoms with Gasteiger partial charge in [0.1, 0.15) is 4.90 Å². The molecule has 0 amide bonds. The Bertz CT molecular complexity index is 558. The van der Waals surface area contributed by atoms with Gasteiger partial charge in [-0.25, -0.2) is 0 Å². The molecule has 0 bridgehead atoms. The second kappa shape index (κ2) is 5.73. The van der Waals surface area contributed by atoms with E-state index < -0.39 is 10.1 Å². The SMILES string of the molecule is C=C(OCC)C(=C)OS(=O)(=O)c1cccc(C)c1. The quantitative estimate of drug-likeness (QED) is 0.452. The highest BCUT2D eigenvalue weighted by molar-refractivity contribution is 7.86. The summed E-state index contributed by atoms with van der Waals surface area (Å²) in [6, 6.07) is 6.42. The van der Waals surface area contributed by atoms with Crippen LogP contribution < -0.4 is 0 Å². The summed E-state index contributed by atoms with van der Waals surface area (Å²) >= 11 is 0. The van der Waals surface area contributed by atoms with Crippen molar-refractivity contribution >= 4 is 10.1 Å². The topological polar surface area (TPSA) is 52.6 Å². The van der Waals surface area contributed by atoms with Gasteiger partial charge in [0.25, 0.3) is 0 Å². The first kappa shape index (κ1) is 14.3. The van der Waals surface area contributed by atoms with Crippen LogP contribution in [0.3, 0.4) is 0 Å². The van der Waals surface area contributed by atoms with Crippen LogP contribution in [-0.4, -0.2) is 15.0 Å². The van der Waals surface area contributed by atoms with Crippen LogP contribution in [0.2, 0.25) is 0 Å². The van der Waals surface area contributed by atoms with Crippen LogP contribution in [0.25, 0.3) is 0 Å². The third kappa shape index (κ3) is 3.63. The van der Waals surface area contributed by atoms with Gasteiger partial charge in [0, 0.05) is 0 Å². The molecule has 0 aliphatic rings. The first-order chi connectivity index (χ1) is 8.36. The minimum Gasteiger partial charge on any atom is -0.491 e. The van der Waals surface area contributed by atoms with E-state index in [0.717, 1.165) is 5.56 Å². The molecule has 0 aliphatic carbocycles. The molecule has 0 radical (unpaired) electrons. The number of ether oxygens (including phenoxy) is 1. The van der Waals surface area contributed by atoms with Crippen molar-refractivity contribution in [1.29, 1.82) is 0 Å². The van der Waals surface area contributed by atoms with E-state index in [2.05, 4.69) is 13.2 Å². The Kier molecular flexibility index (Phi) is 4.55. The lowest BCUT2D eigenvalue weighted by atomic mass is 10.2. The minimum atomic E-state index is -3.89. The molecule has 0 aromatic heterocycles. The van der Waals surface area contributed by atoms with Crippen LogP contribution in [0.15, 0.2) is 53.8 Å². The molecule has 5 heteroatoms.